The molecule has 1 atom stereocenters. The van der Waals surface area contributed by atoms with Crippen LogP contribution in [0.3, 0.4) is 0 Å². The van der Waals surface area contributed by atoms with E-state index in [2.05, 4.69) is 60.6 Å². The third kappa shape index (κ3) is 3.91. The summed E-state index contributed by atoms with van der Waals surface area (Å²) in [4.78, 5) is 27.4. The number of carbonyl (C=O) groups excluding carboxylic acids is 1. The fourth-order valence-electron chi connectivity index (χ4n) is 3.32. The Bertz CT molecular complexity index is 1040. The minimum absolute atomic E-state index is 0.00919. The van der Waals surface area contributed by atoms with Crippen molar-refractivity contribution in [2.24, 2.45) is 0 Å². The monoisotopic (exact) mass is 440 g/mol. The number of piperazine rings is 1. The lowest BCUT2D eigenvalue weighted by molar-refractivity contribution is -0.120. The lowest BCUT2D eigenvalue weighted by Gasteiger charge is -2.27. The normalized spacial score (nSPS) is 15.4. The van der Waals surface area contributed by atoms with Crippen LogP contribution in [0.4, 0.5) is 11.6 Å². The van der Waals surface area contributed by atoms with Gasteiger partial charge in [-0.2, -0.15) is 0 Å². The smallest absolute Gasteiger partial charge is 0.239 e. The van der Waals surface area contributed by atoms with Crippen LogP contribution < -0.4 is 15.5 Å². The molecule has 1 unspecified atom stereocenters. The zero-order chi connectivity index (χ0) is 19.7. The molecule has 1 aliphatic heterocycles. The standard InChI is InChI=1S/C20H21BrN6O/c1-12(14-4-3-5-15(21)8-14)24-20-16-9-18(27-7-6-22-19(28)11-27)23-10-17(16)25-13(2)26-20/h3-5,8-10,12H,6-7,11H2,1-2H3,(H,22,28)(H,24,25,26). The molecule has 2 N–H and O–H groups in total. The Labute approximate surface area is 171 Å². The lowest BCUT2D eigenvalue weighted by Crippen LogP contribution is -2.48. The Morgan fingerprint density at radius 1 is 1.29 bits per heavy atom. The maximum atomic E-state index is 11.7. The summed E-state index contributed by atoms with van der Waals surface area (Å²) in [6, 6.07) is 10.2. The SMILES string of the molecule is Cc1nc(NC(C)c2cccc(Br)c2)c2cc(N3CCNC(=O)C3)ncc2n1. The molecule has 0 bridgehead atoms. The van der Waals surface area contributed by atoms with Crippen LogP contribution in [0, 0.1) is 6.92 Å². The Kier molecular flexibility index (Phi) is 5.13. The molecule has 0 radical (unpaired) electrons. The van der Waals surface area contributed by atoms with E-state index in [1.54, 1.807) is 6.20 Å². The van der Waals surface area contributed by atoms with Gasteiger partial charge in [0.05, 0.1) is 24.3 Å². The number of benzene rings is 1. The topological polar surface area (TPSA) is 83.0 Å². The highest BCUT2D eigenvalue weighted by Crippen LogP contribution is 2.28. The molecular weight excluding hydrogens is 420 g/mol. The largest absolute Gasteiger partial charge is 0.363 e. The van der Waals surface area contributed by atoms with Gasteiger partial charge in [0.15, 0.2) is 0 Å². The number of amides is 1. The summed E-state index contributed by atoms with van der Waals surface area (Å²) in [5, 5.41) is 7.24. The van der Waals surface area contributed by atoms with Crippen molar-refractivity contribution in [2.45, 2.75) is 19.9 Å². The van der Waals surface area contributed by atoms with E-state index in [0.717, 1.165) is 39.1 Å². The van der Waals surface area contributed by atoms with E-state index in [1.165, 1.54) is 0 Å². The first-order valence-corrected chi connectivity index (χ1v) is 9.97. The van der Waals surface area contributed by atoms with Crippen molar-refractivity contribution in [1.29, 1.82) is 0 Å². The number of pyridine rings is 1. The average Bonchev–Trinajstić information content (AvgIpc) is 2.67. The number of hydrogen-bond donors (Lipinski definition) is 2. The van der Waals surface area contributed by atoms with Gasteiger partial charge in [-0.05, 0) is 37.6 Å². The number of nitrogens with one attached hydrogen (secondary N) is 2. The quantitative estimate of drug-likeness (QED) is 0.647. The van der Waals surface area contributed by atoms with Gasteiger partial charge in [0, 0.05) is 22.9 Å². The van der Waals surface area contributed by atoms with Crippen LogP contribution >= 0.6 is 15.9 Å². The summed E-state index contributed by atoms with van der Waals surface area (Å²) < 4.78 is 1.04. The molecule has 144 valence electrons. The lowest BCUT2D eigenvalue weighted by atomic mass is 10.1. The molecule has 1 saturated heterocycles. The van der Waals surface area contributed by atoms with Crippen molar-refractivity contribution in [1.82, 2.24) is 20.3 Å². The van der Waals surface area contributed by atoms with E-state index in [1.807, 2.05) is 30.0 Å². The maximum absolute atomic E-state index is 11.7. The number of carbonyl (C=O) groups is 1. The Morgan fingerprint density at radius 2 is 2.14 bits per heavy atom. The summed E-state index contributed by atoms with van der Waals surface area (Å²) in [5.74, 6) is 2.21. The molecule has 28 heavy (non-hydrogen) atoms. The number of anilines is 2. The highest BCUT2D eigenvalue weighted by molar-refractivity contribution is 9.10. The van der Waals surface area contributed by atoms with Gasteiger partial charge in [0.2, 0.25) is 5.91 Å². The van der Waals surface area contributed by atoms with E-state index in [4.69, 9.17) is 0 Å². The second kappa shape index (κ2) is 7.71. The molecule has 4 rings (SSSR count). The molecule has 3 heterocycles. The second-order valence-electron chi connectivity index (χ2n) is 6.87. The number of hydrogen-bond acceptors (Lipinski definition) is 6. The van der Waals surface area contributed by atoms with Crippen LogP contribution in [0.1, 0.15) is 24.4 Å². The molecule has 0 aliphatic carbocycles. The third-order valence-corrected chi connectivity index (χ3v) is 5.24. The zero-order valence-corrected chi connectivity index (χ0v) is 17.3. The number of aryl methyl sites for hydroxylation is 1. The van der Waals surface area contributed by atoms with Crippen molar-refractivity contribution >= 4 is 44.4 Å². The minimum atomic E-state index is 0.00919. The van der Waals surface area contributed by atoms with Gasteiger partial charge in [-0.25, -0.2) is 15.0 Å². The summed E-state index contributed by atoms with van der Waals surface area (Å²) in [5.41, 5.74) is 1.93. The van der Waals surface area contributed by atoms with E-state index < -0.39 is 0 Å². The van der Waals surface area contributed by atoms with E-state index >= 15 is 0 Å². The number of rotatable bonds is 4. The summed E-state index contributed by atoms with van der Waals surface area (Å²) in [6.07, 6.45) is 1.75. The third-order valence-electron chi connectivity index (χ3n) is 4.74. The molecule has 2 aromatic heterocycles. The van der Waals surface area contributed by atoms with Gasteiger partial charge < -0.3 is 15.5 Å². The number of nitrogens with zero attached hydrogens (tertiary/aromatic N) is 4. The van der Waals surface area contributed by atoms with Crippen molar-refractivity contribution in [3.8, 4) is 0 Å². The van der Waals surface area contributed by atoms with Crippen LogP contribution in [-0.4, -0.2) is 40.5 Å². The molecule has 0 spiro atoms. The van der Waals surface area contributed by atoms with Crippen molar-refractivity contribution in [3.05, 3.63) is 52.4 Å². The number of aromatic nitrogens is 3. The van der Waals surface area contributed by atoms with Crippen LogP contribution in [-0.2, 0) is 4.79 Å². The summed E-state index contributed by atoms with van der Waals surface area (Å²) >= 11 is 3.53. The highest BCUT2D eigenvalue weighted by atomic mass is 79.9. The van der Waals surface area contributed by atoms with Gasteiger partial charge in [-0.1, -0.05) is 28.1 Å². The minimum Gasteiger partial charge on any atom is -0.363 e. The second-order valence-corrected chi connectivity index (χ2v) is 7.79. The van der Waals surface area contributed by atoms with Crippen LogP contribution in [0.2, 0.25) is 0 Å². The molecule has 1 fully saturated rings. The van der Waals surface area contributed by atoms with Gasteiger partial charge >= 0.3 is 0 Å². The Morgan fingerprint density at radius 3 is 2.93 bits per heavy atom. The zero-order valence-electron chi connectivity index (χ0n) is 15.7. The van der Waals surface area contributed by atoms with Crippen LogP contribution in [0.25, 0.3) is 10.9 Å². The fourth-order valence-corrected chi connectivity index (χ4v) is 3.74. The fraction of sp³-hybridized carbons (Fsp3) is 0.300. The molecule has 1 aliphatic rings. The molecule has 0 saturated carbocycles. The Balaban J connectivity index is 1.70. The van der Waals surface area contributed by atoms with E-state index in [-0.39, 0.29) is 11.9 Å². The first kappa shape index (κ1) is 18.6. The number of halogens is 1. The van der Waals surface area contributed by atoms with Crippen molar-refractivity contribution < 1.29 is 4.79 Å². The molecule has 1 amide bonds. The summed E-state index contributed by atoms with van der Waals surface area (Å²) in [6.45, 7) is 5.63. The van der Waals surface area contributed by atoms with Gasteiger partial charge in [-0.3, -0.25) is 4.79 Å². The highest BCUT2D eigenvalue weighted by Gasteiger charge is 2.19. The van der Waals surface area contributed by atoms with Crippen LogP contribution in [0.15, 0.2) is 41.0 Å². The number of fused-ring (bicyclic) bond motifs is 1. The van der Waals surface area contributed by atoms with Gasteiger partial charge in [0.1, 0.15) is 17.5 Å². The molecule has 1 aromatic carbocycles. The van der Waals surface area contributed by atoms with Gasteiger partial charge in [-0.15, -0.1) is 0 Å². The van der Waals surface area contributed by atoms with Crippen LogP contribution in [0.5, 0.6) is 0 Å². The molecule has 7 nitrogen and oxygen atoms in total. The predicted molar refractivity (Wildman–Crippen MR) is 113 cm³/mol. The molecule has 8 heteroatoms. The first-order valence-electron chi connectivity index (χ1n) is 9.17. The Hall–Kier alpha value is -2.74. The van der Waals surface area contributed by atoms with Gasteiger partial charge in [0.25, 0.3) is 0 Å². The van der Waals surface area contributed by atoms with E-state index in [0.29, 0.717) is 18.9 Å². The van der Waals surface area contributed by atoms with E-state index in [9.17, 15) is 4.79 Å². The van der Waals surface area contributed by atoms with Crippen molar-refractivity contribution in [2.75, 3.05) is 29.9 Å². The maximum Gasteiger partial charge on any atom is 0.239 e. The molecule has 3 aromatic rings. The molecular formula is C20H21BrN6O. The summed E-state index contributed by atoms with van der Waals surface area (Å²) in [7, 11) is 0. The first-order chi connectivity index (χ1) is 13.5. The average molecular weight is 441 g/mol. The predicted octanol–water partition coefficient (Wildman–Crippen LogP) is 3.21. The van der Waals surface area contributed by atoms with Crippen molar-refractivity contribution in [3.63, 3.8) is 0 Å².